The van der Waals surface area contributed by atoms with Crippen LogP contribution in [-0.4, -0.2) is 52.5 Å². The second-order valence-corrected chi connectivity index (χ2v) is 11.1. The van der Waals surface area contributed by atoms with E-state index in [2.05, 4.69) is 60.3 Å². The molecular weight excluding hydrogens is 603 g/mol. The Morgan fingerprint density at radius 1 is 0.841 bits per heavy atom. The highest BCUT2D eigenvalue weighted by Gasteiger charge is 2.20. The first-order valence-corrected chi connectivity index (χ1v) is 14.3. The normalized spacial score (nSPS) is 12.0. The minimum atomic E-state index is -0.654. The summed E-state index contributed by atoms with van der Waals surface area (Å²) in [6.45, 7) is 2.11. The molecule has 1 aromatic heterocycles. The van der Waals surface area contributed by atoms with E-state index in [0.717, 1.165) is 43.4 Å². The van der Waals surface area contributed by atoms with Gasteiger partial charge in [0, 0.05) is 34.6 Å². The van der Waals surface area contributed by atoms with Crippen LogP contribution in [0.25, 0.3) is 22.3 Å². The summed E-state index contributed by atoms with van der Waals surface area (Å²) in [4.78, 5) is 16.8. The molecule has 0 bridgehead atoms. The van der Waals surface area contributed by atoms with Crippen LogP contribution in [0.3, 0.4) is 0 Å². The zero-order valence-electron chi connectivity index (χ0n) is 24.3. The molecule has 0 unspecified atom stereocenters. The minimum Gasteiger partial charge on any atom is -0.508 e. The third-order valence-electron chi connectivity index (χ3n) is 7.36. The van der Waals surface area contributed by atoms with Crippen LogP contribution in [0, 0.1) is 0 Å². The summed E-state index contributed by atoms with van der Waals surface area (Å²) in [5, 5.41) is 39.1. The van der Waals surface area contributed by atoms with Crippen molar-refractivity contribution in [2.75, 3.05) is 32.1 Å². The van der Waals surface area contributed by atoms with Crippen molar-refractivity contribution in [2.45, 2.75) is 19.3 Å². The first kappa shape index (κ1) is 32.5. The Morgan fingerprint density at radius 2 is 1.57 bits per heavy atom. The van der Waals surface area contributed by atoms with Gasteiger partial charge in [0.1, 0.15) is 11.3 Å². The Balaban J connectivity index is 0.000000197. The topological polar surface area (TPSA) is 118 Å². The second kappa shape index (κ2) is 13.9. The number of aryl methyl sites for hydroxylation is 2. The maximum Gasteiger partial charge on any atom is 0.235 e. The van der Waals surface area contributed by atoms with E-state index >= 15 is 0 Å². The zero-order chi connectivity index (χ0) is 30.7. The van der Waals surface area contributed by atoms with Crippen molar-refractivity contribution in [3.63, 3.8) is 0 Å². The lowest BCUT2D eigenvalue weighted by Gasteiger charge is -2.27. The predicted octanol–water partition coefficient (Wildman–Crippen LogP) is 7.23. The molecule has 0 radical (unpaired) electrons. The summed E-state index contributed by atoms with van der Waals surface area (Å²) >= 11 is 6.27. The minimum absolute atomic E-state index is 0. The molecule has 0 fully saturated rings. The summed E-state index contributed by atoms with van der Waals surface area (Å²) < 4.78 is 5.43. The van der Waals surface area contributed by atoms with E-state index in [-0.39, 0.29) is 46.2 Å². The van der Waals surface area contributed by atoms with Crippen molar-refractivity contribution in [1.82, 2.24) is 4.90 Å². The Labute approximate surface area is 266 Å². The van der Waals surface area contributed by atoms with Gasteiger partial charge in [-0.15, -0.1) is 12.4 Å². The van der Waals surface area contributed by atoms with Gasteiger partial charge in [-0.2, -0.15) is 0 Å². The Kier molecular flexibility index (Phi) is 10.3. The van der Waals surface area contributed by atoms with Gasteiger partial charge in [0.15, 0.2) is 17.3 Å². The molecule has 4 aromatic carbocycles. The molecule has 10 heteroatoms. The molecule has 0 saturated carbocycles. The molecule has 44 heavy (non-hydrogen) atoms. The van der Waals surface area contributed by atoms with E-state index in [0.29, 0.717) is 0 Å². The van der Waals surface area contributed by atoms with E-state index < -0.39 is 16.9 Å². The van der Waals surface area contributed by atoms with Crippen LogP contribution >= 0.6 is 24.0 Å². The fourth-order valence-electron chi connectivity index (χ4n) is 5.20. The van der Waals surface area contributed by atoms with Crippen molar-refractivity contribution in [1.29, 1.82) is 0 Å². The number of hydrogen-bond acceptors (Lipinski definition) is 8. The van der Waals surface area contributed by atoms with Crippen LogP contribution in [0.1, 0.15) is 17.5 Å². The van der Waals surface area contributed by atoms with Crippen molar-refractivity contribution < 1.29 is 24.8 Å². The Hall–Kier alpha value is -4.37. The lowest BCUT2D eigenvalue weighted by Crippen LogP contribution is -2.24. The number of aromatic hydroxyl groups is 4. The average Bonchev–Trinajstić information content (AvgIpc) is 3.13. The van der Waals surface area contributed by atoms with Gasteiger partial charge in [0.2, 0.25) is 11.2 Å². The van der Waals surface area contributed by atoms with Crippen LogP contribution in [0.4, 0.5) is 11.4 Å². The fourth-order valence-corrected chi connectivity index (χ4v) is 5.37. The molecule has 0 spiro atoms. The Bertz CT molecular complexity index is 1840. The standard InChI is InChI=1S/C19H23ClN2.C15H10O6.ClH/c1-21(2)12-5-13-22-18-7-4-3-6-15(18)8-9-16-10-11-17(20)14-19(16)22;16-8-2-3-9-12(6-8)21-15(14(20)13(9)19)7-1-4-10(17)11(18)5-7;/h3-4,6-7,10-11,14H,5,8-9,12-13H2,1-2H3;1-6,16-18,20H;1H. The summed E-state index contributed by atoms with van der Waals surface area (Å²) in [5.41, 5.74) is 5.09. The van der Waals surface area contributed by atoms with E-state index in [1.807, 2.05) is 6.07 Å². The predicted molar refractivity (Wildman–Crippen MR) is 177 cm³/mol. The monoisotopic (exact) mass is 636 g/mol. The van der Waals surface area contributed by atoms with Gasteiger partial charge in [-0.25, -0.2) is 0 Å². The number of fused-ring (bicyclic) bond motifs is 3. The van der Waals surface area contributed by atoms with Gasteiger partial charge < -0.3 is 34.6 Å². The molecular formula is C34H34Cl2N2O6. The average molecular weight is 638 g/mol. The molecule has 2 heterocycles. The highest BCUT2D eigenvalue weighted by molar-refractivity contribution is 6.30. The van der Waals surface area contributed by atoms with Crippen molar-refractivity contribution >= 4 is 46.4 Å². The molecule has 1 aliphatic rings. The number of benzene rings is 4. The maximum absolute atomic E-state index is 12.1. The number of hydrogen-bond donors (Lipinski definition) is 4. The smallest absolute Gasteiger partial charge is 0.235 e. The van der Waals surface area contributed by atoms with E-state index in [1.165, 1.54) is 52.8 Å². The van der Waals surface area contributed by atoms with Crippen molar-refractivity contribution in [2.24, 2.45) is 0 Å². The van der Waals surface area contributed by atoms with Gasteiger partial charge >= 0.3 is 0 Å². The third kappa shape index (κ3) is 7.05. The number of para-hydroxylation sites is 1. The van der Waals surface area contributed by atoms with E-state index in [9.17, 15) is 25.2 Å². The van der Waals surface area contributed by atoms with Gasteiger partial charge in [-0.3, -0.25) is 4.79 Å². The van der Waals surface area contributed by atoms with Gasteiger partial charge in [-0.05, 0) is 99.6 Å². The maximum atomic E-state index is 12.1. The number of phenols is 3. The molecule has 0 saturated heterocycles. The van der Waals surface area contributed by atoms with Crippen LogP contribution in [0.5, 0.6) is 23.0 Å². The second-order valence-electron chi connectivity index (χ2n) is 10.7. The van der Waals surface area contributed by atoms with Crippen LogP contribution in [0.2, 0.25) is 5.02 Å². The van der Waals surface area contributed by atoms with Gasteiger partial charge in [-0.1, -0.05) is 35.9 Å². The largest absolute Gasteiger partial charge is 0.508 e. The summed E-state index contributed by atoms with van der Waals surface area (Å²) in [7, 11) is 4.25. The quantitative estimate of drug-likeness (QED) is 0.149. The molecule has 8 nitrogen and oxygen atoms in total. The molecule has 0 aliphatic carbocycles. The third-order valence-corrected chi connectivity index (χ3v) is 7.60. The van der Waals surface area contributed by atoms with Crippen molar-refractivity contribution in [3.8, 4) is 34.3 Å². The van der Waals surface area contributed by atoms with Crippen molar-refractivity contribution in [3.05, 3.63) is 105 Å². The number of nitrogens with zero attached hydrogens (tertiary/aromatic N) is 2. The molecule has 5 aromatic rings. The molecule has 4 N–H and O–H groups in total. The number of phenolic OH excluding ortho intramolecular Hbond substituents is 3. The number of rotatable bonds is 5. The molecule has 230 valence electrons. The molecule has 0 atom stereocenters. The molecule has 6 rings (SSSR count). The van der Waals surface area contributed by atoms with Crippen LogP contribution < -0.4 is 10.3 Å². The van der Waals surface area contributed by atoms with Gasteiger partial charge in [0.05, 0.1) is 5.39 Å². The van der Waals surface area contributed by atoms with E-state index in [4.69, 9.17) is 16.0 Å². The van der Waals surface area contributed by atoms with E-state index in [1.54, 1.807) is 0 Å². The summed E-state index contributed by atoms with van der Waals surface area (Å²) in [6, 6.07) is 22.7. The number of halogens is 2. The van der Waals surface area contributed by atoms with Crippen LogP contribution in [-0.2, 0) is 12.8 Å². The Morgan fingerprint density at radius 3 is 2.30 bits per heavy atom. The SMILES string of the molecule is CN(C)CCCN1c2ccccc2CCc2ccc(Cl)cc21.Cl.O=c1c(O)c(-c2ccc(O)c(O)c2)oc2cc(O)ccc12. The highest BCUT2D eigenvalue weighted by atomic mass is 35.5. The lowest BCUT2D eigenvalue weighted by molar-refractivity contribution is 0.402. The van der Waals surface area contributed by atoms with Gasteiger partial charge in [0.25, 0.3) is 0 Å². The summed E-state index contributed by atoms with van der Waals surface area (Å²) in [5.74, 6) is -1.60. The zero-order valence-corrected chi connectivity index (χ0v) is 25.9. The molecule has 0 amide bonds. The first-order chi connectivity index (χ1) is 20.6. The number of anilines is 2. The summed E-state index contributed by atoms with van der Waals surface area (Å²) in [6.07, 6.45) is 3.30. The fraction of sp³-hybridized carbons (Fsp3) is 0.206. The highest BCUT2D eigenvalue weighted by Crippen LogP contribution is 2.38. The lowest BCUT2D eigenvalue weighted by atomic mass is 10.0. The van der Waals surface area contributed by atoms with Crippen LogP contribution in [0.15, 0.2) is 88.1 Å². The first-order valence-electron chi connectivity index (χ1n) is 13.9. The molecule has 1 aliphatic heterocycles.